The number of likely N-dealkylation sites (N-methyl/N-ethyl adjacent to an activating group) is 1. The molecule has 1 aliphatic rings. The Balaban J connectivity index is 1.84. The predicted molar refractivity (Wildman–Crippen MR) is 136 cm³/mol. The van der Waals surface area contributed by atoms with Crippen LogP contribution in [0.4, 0.5) is 5.69 Å². The summed E-state index contributed by atoms with van der Waals surface area (Å²) in [6.45, 7) is 0. The molecule has 1 N–H and O–H groups in total. The van der Waals surface area contributed by atoms with Crippen LogP contribution >= 0.6 is 11.3 Å². The smallest absolute Gasteiger partial charge is 0.254 e. The van der Waals surface area contributed by atoms with E-state index in [1.165, 1.54) is 46.9 Å². The van der Waals surface area contributed by atoms with Gasteiger partial charge in [-0.05, 0) is 29.1 Å². The van der Waals surface area contributed by atoms with Crippen LogP contribution in [0, 0.1) is 0 Å². The van der Waals surface area contributed by atoms with Crippen molar-refractivity contribution >= 4 is 28.8 Å². The van der Waals surface area contributed by atoms with Crippen molar-refractivity contribution in [1.82, 2.24) is 4.90 Å². The number of benzene rings is 2. The normalized spacial score (nSPS) is 16.7. The van der Waals surface area contributed by atoms with Crippen LogP contribution in [-0.2, 0) is 4.79 Å². The zero-order valence-electron chi connectivity index (χ0n) is 20.9. The van der Waals surface area contributed by atoms with Gasteiger partial charge < -0.3 is 33.9 Å². The minimum absolute atomic E-state index is 0.207. The molecule has 0 radical (unpaired) electrons. The van der Waals surface area contributed by atoms with Crippen molar-refractivity contribution in [3.8, 4) is 28.7 Å². The molecule has 2 amide bonds. The van der Waals surface area contributed by atoms with E-state index in [-0.39, 0.29) is 11.8 Å². The molecule has 190 valence electrons. The minimum atomic E-state index is -0.736. The van der Waals surface area contributed by atoms with E-state index in [9.17, 15) is 9.59 Å². The van der Waals surface area contributed by atoms with Crippen LogP contribution in [0.15, 0.2) is 41.8 Å². The third-order valence-electron chi connectivity index (χ3n) is 6.22. The van der Waals surface area contributed by atoms with Gasteiger partial charge in [-0.25, -0.2) is 0 Å². The molecule has 4 rings (SSSR count). The third kappa shape index (κ3) is 4.28. The maximum Gasteiger partial charge on any atom is 0.254 e. The number of carbonyl (C=O) groups is 2. The molecule has 0 fully saturated rings. The van der Waals surface area contributed by atoms with Crippen LogP contribution in [0.3, 0.4) is 0 Å². The monoisotopic (exact) mass is 512 g/mol. The molecule has 36 heavy (non-hydrogen) atoms. The van der Waals surface area contributed by atoms with Crippen molar-refractivity contribution in [2.75, 3.05) is 47.9 Å². The highest BCUT2D eigenvalue weighted by atomic mass is 32.1. The van der Waals surface area contributed by atoms with Gasteiger partial charge in [0.1, 0.15) is 0 Å². The highest BCUT2D eigenvalue weighted by Gasteiger charge is 2.44. The van der Waals surface area contributed by atoms with Gasteiger partial charge in [-0.15, -0.1) is 11.3 Å². The molecule has 2 aromatic carbocycles. The average molecular weight is 513 g/mol. The summed E-state index contributed by atoms with van der Waals surface area (Å²) in [5, 5.41) is 4.91. The van der Waals surface area contributed by atoms with E-state index in [1.807, 2.05) is 17.5 Å². The van der Waals surface area contributed by atoms with Crippen LogP contribution in [0.2, 0.25) is 0 Å². The quantitative estimate of drug-likeness (QED) is 0.480. The molecule has 0 bridgehead atoms. The van der Waals surface area contributed by atoms with Crippen molar-refractivity contribution in [3.05, 3.63) is 57.8 Å². The Bertz CT molecular complexity index is 1250. The highest BCUT2D eigenvalue weighted by Crippen LogP contribution is 2.47. The Kier molecular flexibility index (Phi) is 7.25. The first-order chi connectivity index (χ1) is 17.4. The maximum atomic E-state index is 14.0. The molecule has 0 saturated heterocycles. The molecule has 0 saturated carbocycles. The molecule has 3 aromatic rings. The lowest BCUT2D eigenvalue weighted by Crippen LogP contribution is -2.43. The number of thiophene rings is 1. The molecule has 0 spiro atoms. The first kappa shape index (κ1) is 25.2. The van der Waals surface area contributed by atoms with Gasteiger partial charge in [-0.2, -0.15) is 0 Å². The first-order valence-electron chi connectivity index (χ1n) is 11.1. The summed E-state index contributed by atoms with van der Waals surface area (Å²) in [5.41, 5.74) is 1.40. The van der Waals surface area contributed by atoms with Gasteiger partial charge in [0.25, 0.3) is 5.91 Å². The second kappa shape index (κ2) is 10.4. The van der Waals surface area contributed by atoms with Crippen molar-refractivity contribution in [2.24, 2.45) is 0 Å². The van der Waals surface area contributed by atoms with Crippen molar-refractivity contribution in [3.63, 3.8) is 0 Å². The van der Waals surface area contributed by atoms with Gasteiger partial charge in [0.2, 0.25) is 11.7 Å². The van der Waals surface area contributed by atoms with E-state index >= 15 is 0 Å². The predicted octanol–water partition coefficient (Wildman–Crippen LogP) is 4.34. The molecule has 0 aliphatic carbocycles. The van der Waals surface area contributed by atoms with Crippen LogP contribution in [0.1, 0.15) is 32.8 Å². The molecular weight excluding hydrogens is 484 g/mol. The van der Waals surface area contributed by atoms with Crippen LogP contribution in [0.5, 0.6) is 28.7 Å². The largest absolute Gasteiger partial charge is 0.493 e. The lowest BCUT2D eigenvalue weighted by Gasteiger charge is -2.39. The number of hydrogen-bond donors (Lipinski definition) is 1. The number of carbonyl (C=O) groups excluding carboxylic acids is 2. The van der Waals surface area contributed by atoms with Gasteiger partial charge in [-0.3, -0.25) is 9.59 Å². The van der Waals surface area contributed by atoms with E-state index in [2.05, 4.69) is 5.32 Å². The molecule has 2 heterocycles. The number of methoxy groups -OCH3 is 5. The zero-order chi connectivity index (χ0) is 26.0. The molecule has 10 heteroatoms. The standard InChI is InChI=1S/C26H28N2O7S/c1-28-23(21-8-7-9-36-21)22(15-12-17(31-2)18(32-3)13-16(15)26(28)30)25(29)27-14-10-19(33-4)24(35-6)20(11-14)34-5/h7-13,22-23H,1-6H3,(H,27,29)/t22-,23+/m1/s1. The van der Waals surface area contributed by atoms with Crippen LogP contribution in [-0.4, -0.2) is 59.3 Å². The summed E-state index contributed by atoms with van der Waals surface area (Å²) < 4.78 is 27.2. The zero-order valence-corrected chi connectivity index (χ0v) is 21.7. The lowest BCUT2D eigenvalue weighted by atomic mass is 9.81. The van der Waals surface area contributed by atoms with Gasteiger partial charge in [-0.1, -0.05) is 6.07 Å². The molecule has 0 unspecified atom stereocenters. The number of anilines is 1. The number of fused-ring (bicyclic) bond motifs is 1. The summed E-state index contributed by atoms with van der Waals surface area (Å²) in [4.78, 5) is 29.9. The van der Waals surface area contributed by atoms with E-state index in [4.69, 9.17) is 23.7 Å². The van der Waals surface area contributed by atoms with Gasteiger partial charge in [0.15, 0.2) is 23.0 Å². The number of amides is 2. The number of rotatable bonds is 8. The molecule has 1 aliphatic heterocycles. The summed E-state index contributed by atoms with van der Waals surface area (Å²) in [6, 6.07) is 9.95. The van der Waals surface area contributed by atoms with Gasteiger partial charge in [0.05, 0.1) is 47.5 Å². The highest BCUT2D eigenvalue weighted by molar-refractivity contribution is 7.10. The fourth-order valence-electron chi connectivity index (χ4n) is 4.52. The van der Waals surface area contributed by atoms with E-state index in [0.717, 1.165) is 4.88 Å². The Morgan fingerprint density at radius 3 is 2.03 bits per heavy atom. The SMILES string of the molecule is COc1cc2c(cc1OC)[C@@H](C(=O)Nc1cc(OC)c(OC)c(OC)c1)[C@H](c1cccs1)N(C)C2=O. The summed E-state index contributed by atoms with van der Waals surface area (Å²) in [7, 11) is 9.25. The topological polar surface area (TPSA) is 95.6 Å². The second-order valence-electron chi connectivity index (χ2n) is 8.05. The minimum Gasteiger partial charge on any atom is -0.493 e. The van der Waals surface area contributed by atoms with E-state index in [0.29, 0.717) is 45.6 Å². The summed E-state index contributed by atoms with van der Waals surface area (Å²) in [6.07, 6.45) is 0. The van der Waals surface area contributed by atoms with Crippen molar-refractivity contribution < 1.29 is 33.3 Å². The third-order valence-corrected chi connectivity index (χ3v) is 7.17. The first-order valence-corrected chi connectivity index (χ1v) is 11.9. The molecular formula is C26H28N2O7S. The van der Waals surface area contributed by atoms with Crippen molar-refractivity contribution in [1.29, 1.82) is 0 Å². The fourth-order valence-corrected chi connectivity index (χ4v) is 5.42. The van der Waals surface area contributed by atoms with E-state index < -0.39 is 12.0 Å². The van der Waals surface area contributed by atoms with Crippen molar-refractivity contribution in [2.45, 2.75) is 12.0 Å². The lowest BCUT2D eigenvalue weighted by molar-refractivity contribution is -0.119. The molecule has 9 nitrogen and oxygen atoms in total. The van der Waals surface area contributed by atoms with Crippen LogP contribution < -0.4 is 29.0 Å². The Hall–Kier alpha value is -3.92. The Labute approximate surface area is 213 Å². The number of ether oxygens (including phenoxy) is 5. The average Bonchev–Trinajstić information content (AvgIpc) is 3.43. The molecule has 2 atom stereocenters. The summed E-state index contributed by atoms with van der Waals surface area (Å²) in [5.74, 6) is 0.825. The maximum absolute atomic E-state index is 14.0. The number of nitrogens with one attached hydrogen (secondary N) is 1. The number of nitrogens with zero attached hydrogens (tertiary/aromatic N) is 1. The second-order valence-corrected chi connectivity index (χ2v) is 9.03. The van der Waals surface area contributed by atoms with Crippen LogP contribution in [0.25, 0.3) is 0 Å². The fraction of sp³-hybridized carbons (Fsp3) is 0.308. The van der Waals surface area contributed by atoms with Gasteiger partial charge >= 0.3 is 0 Å². The summed E-state index contributed by atoms with van der Waals surface area (Å²) >= 11 is 1.49. The van der Waals surface area contributed by atoms with Gasteiger partial charge in [0, 0.05) is 35.3 Å². The number of hydrogen-bond acceptors (Lipinski definition) is 8. The Morgan fingerprint density at radius 2 is 1.50 bits per heavy atom. The molecule has 1 aromatic heterocycles. The Morgan fingerprint density at radius 1 is 0.889 bits per heavy atom. The van der Waals surface area contributed by atoms with E-state index in [1.54, 1.807) is 36.2 Å².